The lowest BCUT2D eigenvalue weighted by Crippen LogP contribution is -2.57. The number of amides is 4. The Morgan fingerprint density at radius 3 is 1.62 bits per heavy atom. The lowest BCUT2D eigenvalue weighted by molar-refractivity contribution is -0.146. The van der Waals surface area contributed by atoms with Gasteiger partial charge >= 0.3 is 24.0 Å². The molecule has 4 amide bonds. The molecule has 40 heavy (non-hydrogen) atoms. The van der Waals surface area contributed by atoms with Gasteiger partial charge in [-0.25, -0.2) is 9.59 Å². The third-order valence-electron chi connectivity index (χ3n) is 5.20. The van der Waals surface area contributed by atoms with Crippen LogP contribution in [0, 0.1) is 5.92 Å². The minimum Gasteiger partial charge on any atom is -0.481 e. The zero-order valence-corrected chi connectivity index (χ0v) is 24.0. The van der Waals surface area contributed by atoms with Crippen molar-refractivity contribution in [3.8, 4) is 0 Å². The summed E-state index contributed by atoms with van der Waals surface area (Å²) < 4.78 is 9.77. The first-order chi connectivity index (χ1) is 18.4. The number of carbonyl (C=O) groups excluding carboxylic acids is 5. The van der Waals surface area contributed by atoms with Crippen LogP contribution < -0.4 is 21.3 Å². The third kappa shape index (κ3) is 15.5. The smallest absolute Gasteiger partial charge is 0.408 e. The molecule has 0 saturated heterocycles. The number of carboxylic acids is 2. The number of nitrogens with one attached hydrogen (secondary N) is 4. The van der Waals surface area contributed by atoms with Crippen molar-refractivity contribution in [3.63, 3.8) is 0 Å². The number of carboxylic acid groups (broad SMARTS) is 2. The summed E-state index contributed by atoms with van der Waals surface area (Å²) in [5.41, 5.74) is -0.829. The van der Waals surface area contributed by atoms with Gasteiger partial charge in [-0.1, -0.05) is 13.8 Å². The van der Waals surface area contributed by atoms with Gasteiger partial charge in [0.1, 0.15) is 29.8 Å². The van der Waals surface area contributed by atoms with Crippen molar-refractivity contribution in [3.05, 3.63) is 0 Å². The van der Waals surface area contributed by atoms with Crippen molar-refractivity contribution in [2.24, 2.45) is 5.92 Å². The SMILES string of the molecule is COC(=O)[C@H](CCC(=O)O)NC(=O)[C@H](C)NC(=O)[C@H](CCC(=O)O)NC(=O)[C@H](CC(C)C)NC(=O)OC(C)(C)C. The summed E-state index contributed by atoms with van der Waals surface area (Å²) in [6.07, 6.45) is -2.18. The molecule has 0 bridgehead atoms. The van der Waals surface area contributed by atoms with E-state index in [1.54, 1.807) is 20.8 Å². The summed E-state index contributed by atoms with van der Waals surface area (Å²) >= 11 is 0. The van der Waals surface area contributed by atoms with Crippen molar-refractivity contribution in [2.75, 3.05) is 7.11 Å². The van der Waals surface area contributed by atoms with Crippen LogP contribution in [0.15, 0.2) is 0 Å². The van der Waals surface area contributed by atoms with Gasteiger partial charge in [0.05, 0.1) is 7.11 Å². The lowest BCUT2D eigenvalue weighted by Gasteiger charge is -2.26. The molecule has 0 saturated carbocycles. The van der Waals surface area contributed by atoms with Crippen LogP contribution in [-0.4, -0.2) is 88.8 Å². The van der Waals surface area contributed by atoms with E-state index < -0.39 is 84.3 Å². The maximum absolute atomic E-state index is 13.1. The number of carbonyl (C=O) groups is 7. The second-order valence-corrected chi connectivity index (χ2v) is 10.6. The molecule has 0 aromatic heterocycles. The van der Waals surface area contributed by atoms with Crippen LogP contribution in [0.25, 0.3) is 0 Å². The molecular weight excluding hydrogens is 532 g/mol. The molecule has 0 radical (unpaired) electrons. The summed E-state index contributed by atoms with van der Waals surface area (Å²) in [5.74, 6) is -5.86. The van der Waals surface area contributed by atoms with E-state index >= 15 is 0 Å². The van der Waals surface area contributed by atoms with E-state index in [2.05, 4.69) is 26.0 Å². The Morgan fingerprint density at radius 1 is 0.700 bits per heavy atom. The van der Waals surface area contributed by atoms with Crippen LogP contribution in [0.1, 0.15) is 73.6 Å². The maximum atomic E-state index is 13.1. The van der Waals surface area contributed by atoms with Gasteiger partial charge in [-0.05, 0) is 52.9 Å². The van der Waals surface area contributed by atoms with Gasteiger partial charge in [0.2, 0.25) is 17.7 Å². The van der Waals surface area contributed by atoms with E-state index in [0.717, 1.165) is 7.11 Å². The highest BCUT2D eigenvalue weighted by molar-refractivity contribution is 5.94. The molecule has 6 N–H and O–H groups in total. The van der Waals surface area contributed by atoms with E-state index in [0.29, 0.717) is 0 Å². The van der Waals surface area contributed by atoms with E-state index in [1.807, 2.05) is 13.8 Å². The summed E-state index contributed by atoms with van der Waals surface area (Å²) in [7, 11) is 1.06. The molecule has 15 heteroatoms. The molecule has 228 valence electrons. The number of esters is 1. The van der Waals surface area contributed by atoms with Gasteiger partial charge in [0.15, 0.2) is 0 Å². The van der Waals surface area contributed by atoms with E-state index in [4.69, 9.17) is 14.9 Å². The topological polar surface area (TPSA) is 227 Å². The average molecular weight is 575 g/mol. The van der Waals surface area contributed by atoms with Crippen molar-refractivity contribution < 1.29 is 53.2 Å². The zero-order chi connectivity index (χ0) is 31.2. The molecule has 0 unspecified atom stereocenters. The predicted octanol–water partition coefficient (Wildman–Crippen LogP) is 0.303. The third-order valence-corrected chi connectivity index (χ3v) is 5.20. The Hall–Kier alpha value is -3.91. The van der Waals surface area contributed by atoms with Gasteiger partial charge < -0.3 is 41.0 Å². The fraction of sp³-hybridized carbons (Fsp3) is 0.720. The maximum Gasteiger partial charge on any atom is 0.408 e. The second-order valence-electron chi connectivity index (χ2n) is 10.6. The Kier molecular flexibility index (Phi) is 15.3. The van der Waals surface area contributed by atoms with Crippen LogP contribution >= 0.6 is 0 Å². The molecule has 0 aromatic carbocycles. The van der Waals surface area contributed by atoms with Crippen LogP contribution in [0.5, 0.6) is 0 Å². The molecule has 0 aliphatic heterocycles. The molecule has 0 aromatic rings. The Morgan fingerprint density at radius 2 is 1.18 bits per heavy atom. The number of ether oxygens (including phenoxy) is 2. The van der Waals surface area contributed by atoms with Crippen molar-refractivity contribution >= 4 is 41.7 Å². The zero-order valence-electron chi connectivity index (χ0n) is 24.0. The van der Waals surface area contributed by atoms with Crippen LogP contribution in [-0.2, 0) is 38.2 Å². The number of aliphatic carboxylic acids is 2. The van der Waals surface area contributed by atoms with Crippen LogP contribution in [0.3, 0.4) is 0 Å². The molecular formula is C25H42N4O11. The fourth-order valence-electron chi connectivity index (χ4n) is 3.30. The molecule has 4 atom stereocenters. The molecule has 15 nitrogen and oxygen atoms in total. The predicted molar refractivity (Wildman–Crippen MR) is 140 cm³/mol. The van der Waals surface area contributed by atoms with Crippen molar-refractivity contribution in [2.45, 2.75) is 103 Å². The van der Waals surface area contributed by atoms with Gasteiger partial charge in [0.25, 0.3) is 0 Å². The molecule has 0 aliphatic carbocycles. The highest BCUT2D eigenvalue weighted by atomic mass is 16.6. The van der Waals surface area contributed by atoms with E-state index in [1.165, 1.54) is 6.92 Å². The highest BCUT2D eigenvalue weighted by Gasteiger charge is 2.31. The first-order valence-electron chi connectivity index (χ1n) is 12.8. The number of hydrogen-bond acceptors (Lipinski definition) is 9. The van der Waals surface area contributed by atoms with Crippen molar-refractivity contribution in [1.82, 2.24) is 21.3 Å². The number of rotatable bonds is 16. The fourth-order valence-corrected chi connectivity index (χ4v) is 3.30. The van der Waals surface area contributed by atoms with Gasteiger partial charge in [0, 0.05) is 12.8 Å². The van der Waals surface area contributed by atoms with Gasteiger partial charge in [-0.2, -0.15) is 0 Å². The molecule has 0 rings (SSSR count). The molecule has 0 spiro atoms. The minimum absolute atomic E-state index is 0.0513. The Bertz CT molecular complexity index is 930. The first-order valence-corrected chi connectivity index (χ1v) is 12.8. The summed E-state index contributed by atoms with van der Waals surface area (Å²) in [6.45, 7) is 9.84. The summed E-state index contributed by atoms with van der Waals surface area (Å²) in [6, 6.07) is -5.05. The average Bonchev–Trinajstić information content (AvgIpc) is 2.81. The standard InChI is InChI=1S/C25H42N4O11/c1-13(2)12-17(29-24(38)40-25(4,5)6)22(36)27-15(8-10-18(30)31)21(35)26-14(3)20(34)28-16(23(37)39-7)9-11-19(32)33/h13-17H,8-12H2,1-7H3,(H,26,35)(H,27,36)(H,28,34)(H,29,38)(H,30,31)(H,32,33)/t14-,15-,16-,17-/m0/s1. The Balaban J connectivity index is 5.60. The number of alkyl carbamates (subject to hydrolysis) is 1. The van der Waals surface area contributed by atoms with Crippen LogP contribution in [0.2, 0.25) is 0 Å². The van der Waals surface area contributed by atoms with Gasteiger partial charge in [-0.15, -0.1) is 0 Å². The number of hydrogen-bond donors (Lipinski definition) is 6. The lowest BCUT2D eigenvalue weighted by atomic mass is 10.0. The molecule has 0 aliphatic rings. The quantitative estimate of drug-likeness (QED) is 0.137. The second kappa shape index (κ2) is 16.9. The van der Waals surface area contributed by atoms with Crippen LogP contribution in [0.4, 0.5) is 4.79 Å². The largest absolute Gasteiger partial charge is 0.481 e. The minimum atomic E-state index is -1.39. The van der Waals surface area contributed by atoms with E-state index in [9.17, 15) is 33.6 Å². The molecule has 0 heterocycles. The van der Waals surface area contributed by atoms with Crippen molar-refractivity contribution in [1.29, 1.82) is 0 Å². The highest BCUT2D eigenvalue weighted by Crippen LogP contribution is 2.11. The summed E-state index contributed by atoms with van der Waals surface area (Å²) in [4.78, 5) is 84.8. The summed E-state index contributed by atoms with van der Waals surface area (Å²) in [5, 5.41) is 27.5. The first kappa shape index (κ1) is 36.1. The molecule has 0 fully saturated rings. The Labute approximate surface area is 233 Å². The normalized spacial score (nSPS) is 14.1. The van der Waals surface area contributed by atoms with E-state index in [-0.39, 0.29) is 25.2 Å². The van der Waals surface area contributed by atoms with Gasteiger partial charge in [-0.3, -0.25) is 24.0 Å². The number of methoxy groups -OCH3 is 1. The monoisotopic (exact) mass is 574 g/mol.